The summed E-state index contributed by atoms with van der Waals surface area (Å²) in [5.41, 5.74) is 1.05. The van der Waals surface area contributed by atoms with Gasteiger partial charge in [0.05, 0.1) is 22.6 Å². The van der Waals surface area contributed by atoms with Crippen molar-refractivity contribution < 1.29 is 35.9 Å². The molecule has 0 bridgehead atoms. The first kappa shape index (κ1) is 36.5. The molecule has 4 atom stereocenters. The minimum absolute atomic E-state index is 0.0673. The maximum Gasteiger partial charge on any atom is 0.408 e. The molecule has 0 aromatic heterocycles. The van der Waals surface area contributed by atoms with Crippen LogP contribution in [0.4, 0.5) is 4.79 Å². The highest BCUT2D eigenvalue weighted by atomic mass is 32.2. The van der Waals surface area contributed by atoms with Crippen molar-refractivity contribution >= 4 is 31.9 Å². The Morgan fingerprint density at radius 3 is 1.98 bits per heavy atom. The van der Waals surface area contributed by atoms with E-state index in [2.05, 4.69) is 10.6 Å². The van der Waals surface area contributed by atoms with Crippen LogP contribution >= 0.6 is 0 Å². The van der Waals surface area contributed by atoms with Crippen LogP contribution in [0.1, 0.15) is 59.1 Å². The molecule has 1 heterocycles. The smallest absolute Gasteiger partial charge is 0.408 e. The topological polar surface area (TPSA) is 151 Å². The van der Waals surface area contributed by atoms with Gasteiger partial charge in [0.2, 0.25) is 15.9 Å². The lowest BCUT2D eigenvalue weighted by Gasteiger charge is -2.33. The summed E-state index contributed by atoms with van der Waals surface area (Å²) in [7, 11) is -7.42. The van der Waals surface area contributed by atoms with Crippen molar-refractivity contribution in [1.29, 1.82) is 0 Å². The highest BCUT2D eigenvalue weighted by Gasteiger charge is 2.49. The summed E-state index contributed by atoms with van der Waals surface area (Å²) >= 11 is 0. The first-order valence-corrected chi connectivity index (χ1v) is 18.5. The number of sulfone groups is 1. The normalized spacial score (nSPS) is 18.6. The van der Waals surface area contributed by atoms with Crippen LogP contribution in [0.25, 0.3) is 0 Å². The second-order valence-electron chi connectivity index (χ2n) is 12.9. The van der Waals surface area contributed by atoms with Gasteiger partial charge in [0.1, 0.15) is 18.8 Å². The van der Waals surface area contributed by atoms with Gasteiger partial charge in [-0.15, -0.1) is 0 Å². The molecule has 2 amide bonds. The standard InChI is InChI=1S/C32H47N3O8S2/c1-8-35(31(2,3)4)45(40,41)20-19-26-27(43-26)25(21-23-15-11-9-12-16-23)33-29(36)28(32(5,6)44(7,38)39)34-30(37)42-22-24-17-13-10-14-18-24/h9-18,25-28H,8,19-22H2,1-7H3,(H,33,36)(H,34,37)/t25-,26-,27+,28+/m0/s1. The highest BCUT2D eigenvalue weighted by molar-refractivity contribution is 7.92. The molecule has 2 aromatic carbocycles. The number of amides is 2. The van der Waals surface area contributed by atoms with E-state index in [1.807, 2.05) is 57.2 Å². The number of nitrogens with one attached hydrogen (secondary N) is 2. The number of hydrogen-bond acceptors (Lipinski definition) is 8. The van der Waals surface area contributed by atoms with Gasteiger partial charge in [-0.1, -0.05) is 67.6 Å². The zero-order valence-electron chi connectivity index (χ0n) is 27.1. The number of epoxide rings is 1. The molecule has 11 nitrogen and oxygen atoms in total. The molecule has 1 aliphatic heterocycles. The van der Waals surface area contributed by atoms with Crippen LogP contribution in [0.5, 0.6) is 0 Å². The lowest BCUT2D eigenvalue weighted by atomic mass is 9.98. The van der Waals surface area contributed by atoms with Crippen LogP contribution < -0.4 is 10.6 Å². The van der Waals surface area contributed by atoms with Crippen LogP contribution in [-0.2, 0) is 47.2 Å². The Morgan fingerprint density at radius 1 is 0.911 bits per heavy atom. The third-order valence-electron chi connectivity index (χ3n) is 8.06. The quantitative estimate of drug-likeness (QED) is 0.275. The lowest BCUT2D eigenvalue weighted by molar-refractivity contribution is -0.124. The summed E-state index contributed by atoms with van der Waals surface area (Å²) < 4.78 is 62.8. The van der Waals surface area contributed by atoms with E-state index in [9.17, 15) is 26.4 Å². The van der Waals surface area contributed by atoms with Crippen LogP contribution in [0.15, 0.2) is 60.7 Å². The molecule has 2 aromatic rings. The minimum atomic E-state index is -3.85. The van der Waals surface area contributed by atoms with Gasteiger partial charge in [-0.2, -0.15) is 4.31 Å². The Balaban J connectivity index is 1.79. The molecule has 0 saturated carbocycles. The zero-order chi connectivity index (χ0) is 33.6. The fraction of sp³-hybridized carbons (Fsp3) is 0.562. The minimum Gasteiger partial charge on any atom is -0.445 e. The van der Waals surface area contributed by atoms with Gasteiger partial charge in [0.25, 0.3) is 0 Å². The monoisotopic (exact) mass is 665 g/mol. The molecule has 0 aliphatic carbocycles. The van der Waals surface area contributed by atoms with Gasteiger partial charge in [-0.25, -0.2) is 21.6 Å². The summed E-state index contributed by atoms with van der Waals surface area (Å²) in [6.07, 6.45) is -0.320. The molecule has 0 radical (unpaired) electrons. The van der Waals surface area contributed by atoms with E-state index in [1.54, 1.807) is 31.2 Å². The average molecular weight is 666 g/mol. The van der Waals surface area contributed by atoms with Crippen LogP contribution in [0.3, 0.4) is 0 Å². The summed E-state index contributed by atoms with van der Waals surface area (Å²) in [6, 6.07) is 16.2. The molecule has 2 N–H and O–H groups in total. The third-order valence-corrected chi connectivity index (χ3v) is 12.4. The number of rotatable bonds is 15. The predicted octanol–water partition coefficient (Wildman–Crippen LogP) is 3.44. The molecule has 45 heavy (non-hydrogen) atoms. The number of hydrogen-bond donors (Lipinski definition) is 2. The van der Waals surface area contributed by atoms with Crippen LogP contribution in [-0.4, -0.2) is 86.3 Å². The summed E-state index contributed by atoms with van der Waals surface area (Å²) in [5, 5.41) is 5.39. The Morgan fingerprint density at radius 2 is 1.47 bits per heavy atom. The number of sulfonamides is 1. The number of benzene rings is 2. The van der Waals surface area contributed by atoms with E-state index < -0.39 is 66.4 Å². The van der Waals surface area contributed by atoms with Crippen LogP contribution in [0.2, 0.25) is 0 Å². The Bertz CT molecular complexity index is 1510. The first-order chi connectivity index (χ1) is 20.9. The van der Waals surface area contributed by atoms with Crippen molar-refractivity contribution in [2.24, 2.45) is 0 Å². The molecule has 3 rings (SSSR count). The first-order valence-electron chi connectivity index (χ1n) is 15.0. The number of nitrogens with zero attached hydrogens (tertiary/aromatic N) is 1. The SMILES string of the molecule is CCN(C(C)(C)C)S(=O)(=O)CC[C@@H]1O[C@@H]1[C@H](Cc1ccccc1)NC(=O)[C@@H](NC(=O)OCc1ccccc1)C(C)(C)S(C)(=O)=O. The number of ether oxygens (including phenoxy) is 2. The largest absolute Gasteiger partial charge is 0.445 e. The van der Waals surface area contributed by atoms with E-state index in [0.29, 0.717) is 13.0 Å². The second kappa shape index (κ2) is 14.6. The van der Waals surface area contributed by atoms with E-state index in [4.69, 9.17) is 9.47 Å². The van der Waals surface area contributed by atoms with Gasteiger partial charge < -0.3 is 20.1 Å². The second-order valence-corrected chi connectivity index (χ2v) is 17.5. The zero-order valence-corrected chi connectivity index (χ0v) is 28.8. The molecule has 250 valence electrons. The maximum atomic E-state index is 13.8. The molecular formula is C32H47N3O8S2. The average Bonchev–Trinajstić information content (AvgIpc) is 3.73. The fourth-order valence-corrected chi connectivity index (χ4v) is 7.81. The molecule has 0 unspecified atom stereocenters. The van der Waals surface area contributed by atoms with Gasteiger partial charge >= 0.3 is 6.09 Å². The summed E-state index contributed by atoms with van der Waals surface area (Å²) in [6.45, 7) is 10.3. The predicted molar refractivity (Wildman–Crippen MR) is 174 cm³/mol. The molecule has 0 spiro atoms. The lowest BCUT2D eigenvalue weighted by Crippen LogP contribution is -2.62. The number of carbonyl (C=O) groups excluding carboxylic acids is 2. The number of carbonyl (C=O) groups is 2. The van der Waals surface area contributed by atoms with Gasteiger partial charge in [-0.05, 0) is 58.6 Å². The fourth-order valence-electron chi connectivity index (χ4n) is 5.24. The molecule has 1 aliphatic rings. The summed E-state index contributed by atoms with van der Waals surface area (Å²) in [5.74, 6) is -0.848. The summed E-state index contributed by atoms with van der Waals surface area (Å²) in [4.78, 5) is 26.7. The van der Waals surface area contributed by atoms with Gasteiger partial charge in [0.15, 0.2) is 9.84 Å². The van der Waals surface area contributed by atoms with Crippen molar-refractivity contribution in [3.05, 3.63) is 71.8 Å². The maximum absolute atomic E-state index is 13.8. The molecule has 1 fully saturated rings. The number of alkyl carbamates (subject to hydrolysis) is 1. The van der Waals surface area contributed by atoms with Crippen molar-refractivity contribution in [3.8, 4) is 0 Å². The molecule has 13 heteroatoms. The van der Waals surface area contributed by atoms with Crippen molar-refractivity contribution in [1.82, 2.24) is 14.9 Å². The van der Waals surface area contributed by atoms with Crippen molar-refractivity contribution in [3.63, 3.8) is 0 Å². The van der Waals surface area contributed by atoms with E-state index in [-0.39, 0.29) is 18.8 Å². The molecular weight excluding hydrogens is 618 g/mol. The highest BCUT2D eigenvalue weighted by Crippen LogP contribution is 2.32. The Labute approximate surface area is 268 Å². The van der Waals surface area contributed by atoms with E-state index in [0.717, 1.165) is 17.4 Å². The third kappa shape index (κ3) is 9.99. The Hall–Kier alpha value is -3.00. The van der Waals surface area contributed by atoms with Gasteiger partial charge in [-0.3, -0.25) is 4.79 Å². The van der Waals surface area contributed by atoms with Crippen LogP contribution in [0, 0.1) is 0 Å². The Kier molecular flexibility index (Phi) is 11.8. The van der Waals surface area contributed by atoms with E-state index in [1.165, 1.54) is 18.2 Å². The molecule has 1 saturated heterocycles. The van der Waals surface area contributed by atoms with Crippen molar-refractivity contribution in [2.75, 3.05) is 18.6 Å². The van der Waals surface area contributed by atoms with Gasteiger partial charge in [0, 0.05) is 18.3 Å². The van der Waals surface area contributed by atoms with Crippen molar-refractivity contribution in [2.45, 2.75) is 95.6 Å². The van der Waals surface area contributed by atoms with E-state index >= 15 is 0 Å².